The summed E-state index contributed by atoms with van der Waals surface area (Å²) in [5.74, 6) is 0. The fourth-order valence-electron chi connectivity index (χ4n) is 3.10. The van der Waals surface area contributed by atoms with Crippen molar-refractivity contribution in [3.63, 3.8) is 0 Å². The van der Waals surface area contributed by atoms with Crippen molar-refractivity contribution in [3.8, 4) is 0 Å². The summed E-state index contributed by atoms with van der Waals surface area (Å²) in [6.45, 7) is 6.00. The molecule has 2 aromatic rings. The molecule has 1 aliphatic rings. The maximum atomic E-state index is 12.7. The van der Waals surface area contributed by atoms with Gasteiger partial charge in [0.25, 0.3) is 10.0 Å². The van der Waals surface area contributed by atoms with Gasteiger partial charge in [-0.15, -0.1) is 11.8 Å². The molecule has 4 nitrogen and oxygen atoms in total. The third-order valence-electron chi connectivity index (χ3n) is 4.71. The Morgan fingerprint density at radius 1 is 1.04 bits per heavy atom. The largest absolute Gasteiger partial charge is 0.306 e. The first-order valence-corrected chi connectivity index (χ1v) is 11.2. The van der Waals surface area contributed by atoms with Gasteiger partial charge in [-0.3, -0.25) is 4.72 Å². The van der Waals surface area contributed by atoms with Crippen LogP contribution in [0.2, 0.25) is 0 Å². The summed E-state index contributed by atoms with van der Waals surface area (Å²) in [4.78, 5) is 3.89. The number of nitrogens with one attached hydrogen (secondary N) is 1. The fraction of sp³-hybridized carbons (Fsp3) is 0.400. The van der Waals surface area contributed by atoms with Gasteiger partial charge in [0.05, 0.1) is 4.90 Å². The number of rotatable bonds is 5. The van der Waals surface area contributed by atoms with Gasteiger partial charge < -0.3 is 4.90 Å². The van der Waals surface area contributed by atoms with Crippen molar-refractivity contribution >= 4 is 27.5 Å². The molecule has 0 saturated carbocycles. The van der Waals surface area contributed by atoms with Gasteiger partial charge in [0, 0.05) is 15.8 Å². The molecular formula is C20H26N2O2S2. The van der Waals surface area contributed by atoms with Crippen molar-refractivity contribution in [2.24, 2.45) is 0 Å². The Labute approximate surface area is 161 Å². The molecule has 140 valence electrons. The second-order valence-corrected chi connectivity index (χ2v) is 10.0. The number of hydrogen-bond acceptors (Lipinski definition) is 4. The summed E-state index contributed by atoms with van der Waals surface area (Å²) in [5.41, 5.74) is 2.28. The van der Waals surface area contributed by atoms with E-state index in [0.717, 1.165) is 24.2 Å². The van der Waals surface area contributed by atoms with Gasteiger partial charge in [-0.05, 0) is 88.3 Å². The minimum Gasteiger partial charge on any atom is -0.306 e. The molecule has 0 unspecified atom stereocenters. The van der Waals surface area contributed by atoms with E-state index < -0.39 is 10.0 Å². The highest BCUT2D eigenvalue weighted by Gasteiger charge is 2.19. The third kappa shape index (κ3) is 4.81. The molecule has 26 heavy (non-hydrogen) atoms. The first kappa shape index (κ1) is 19.3. The second kappa shape index (κ2) is 8.03. The van der Waals surface area contributed by atoms with E-state index in [1.165, 1.54) is 17.7 Å². The first-order valence-electron chi connectivity index (χ1n) is 8.89. The van der Waals surface area contributed by atoms with Gasteiger partial charge in [-0.2, -0.15) is 0 Å². The lowest BCUT2D eigenvalue weighted by molar-refractivity contribution is 0.282. The number of anilines is 1. The van der Waals surface area contributed by atoms with Crippen LogP contribution in [0.25, 0.3) is 0 Å². The smallest absolute Gasteiger partial charge is 0.262 e. The summed E-state index contributed by atoms with van der Waals surface area (Å²) in [7, 11) is -1.41. The molecule has 1 saturated heterocycles. The highest BCUT2D eigenvalue weighted by Crippen LogP contribution is 2.31. The zero-order chi connectivity index (χ0) is 18.7. The monoisotopic (exact) mass is 390 g/mol. The van der Waals surface area contributed by atoms with E-state index in [9.17, 15) is 8.42 Å². The van der Waals surface area contributed by atoms with Crippen molar-refractivity contribution in [2.45, 2.75) is 41.7 Å². The molecule has 1 N–H and O–H groups in total. The molecule has 0 aliphatic carbocycles. The highest BCUT2D eigenvalue weighted by molar-refractivity contribution is 8.00. The Hall–Kier alpha value is -1.50. The molecular weight excluding hydrogens is 364 g/mol. The number of piperidine rings is 1. The van der Waals surface area contributed by atoms with Gasteiger partial charge >= 0.3 is 0 Å². The zero-order valence-corrected chi connectivity index (χ0v) is 17.2. The number of benzene rings is 2. The average molecular weight is 391 g/mol. The van der Waals surface area contributed by atoms with Crippen LogP contribution in [0.5, 0.6) is 0 Å². The van der Waals surface area contributed by atoms with Crippen molar-refractivity contribution in [3.05, 3.63) is 53.6 Å². The van der Waals surface area contributed by atoms with Crippen LogP contribution < -0.4 is 4.72 Å². The van der Waals surface area contributed by atoms with Crippen LogP contribution in [0.15, 0.2) is 52.3 Å². The van der Waals surface area contributed by atoms with Gasteiger partial charge in [-0.1, -0.05) is 12.1 Å². The number of aryl methyl sites for hydroxylation is 2. The Kier molecular flexibility index (Phi) is 5.95. The molecule has 1 aliphatic heterocycles. The fourth-order valence-corrected chi connectivity index (χ4v) is 5.62. The van der Waals surface area contributed by atoms with E-state index in [-0.39, 0.29) is 0 Å². The molecule has 0 aromatic heterocycles. The Bertz CT molecular complexity index is 856. The van der Waals surface area contributed by atoms with Gasteiger partial charge in [0.1, 0.15) is 0 Å². The normalized spacial score (nSPS) is 16.6. The van der Waals surface area contributed by atoms with Crippen molar-refractivity contribution in [1.82, 2.24) is 4.90 Å². The molecule has 3 rings (SSSR count). The number of sulfonamides is 1. The Morgan fingerprint density at radius 2 is 1.69 bits per heavy atom. The Morgan fingerprint density at radius 3 is 2.35 bits per heavy atom. The quantitative estimate of drug-likeness (QED) is 0.827. The van der Waals surface area contributed by atoms with Gasteiger partial charge in [-0.25, -0.2) is 8.42 Å². The lowest BCUT2D eigenvalue weighted by Crippen LogP contribution is -2.31. The standard InChI is InChI=1S/C20H26N2O2S2/c1-15-4-5-16(2)20(14-15)26(23,24)21-17-6-8-18(9-7-17)25-19-10-12-22(3)13-11-19/h4-9,14,19,21H,10-13H2,1-3H3. The van der Waals surface area contributed by atoms with Gasteiger partial charge in [0.15, 0.2) is 0 Å². The lowest BCUT2D eigenvalue weighted by atomic mass is 10.1. The van der Waals surface area contributed by atoms with Crippen LogP contribution in [0, 0.1) is 13.8 Å². The number of likely N-dealkylation sites (tertiary alicyclic amines) is 1. The van der Waals surface area contributed by atoms with Crippen molar-refractivity contribution in [1.29, 1.82) is 0 Å². The number of thioether (sulfide) groups is 1. The molecule has 1 heterocycles. The molecule has 0 spiro atoms. The number of nitrogens with zero attached hydrogens (tertiary/aromatic N) is 1. The van der Waals surface area contributed by atoms with Crippen LogP contribution in [0.1, 0.15) is 24.0 Å². The maximum Gasteiger partial charge on any atom is 0.262 e. The predicted octanol–water partition coefficient (Wildman–Crippen LogP) is 4.29. The third-order valence-corrected chi connectivity index (χ3v) is 7.58. The van der Waals surface area contributed by atoms with Crippen LogP contribution in [0.3, 0.4) is 0 Å². The maximum absolute atomic E-state index is 12.7. The van der Waals surface area contributed by atoms with Crippen molar-refractivity contribution in [2.75, 3.05) is 24.9 Å². The highest BCUT2D eigenvalue weighted by atomic mass is 32.2. The van der Waals surface area contributed by atoms with Crippen LogP contribution in [-0.2, 0) is 10.0 Å². The van der Waals surface area contributed by atoms with E-state index >= 15 is 0 Å². The van der Waals surface area contributed by atoms with E-state index in [4.69, 9.17) is 0 Å². The first-order chi connectivity index (χ1) is 12.3. The average Bonchev–Trinajstić information content (AvgIpc) is 2.60. The lowest BCUT2D eigenvalue weighted by Gasteiger charge is -2.28. The van der Waals surface area contributed by atoms with E-state index in [2.05, 4.69) is 16.7 Å². The van der Waals surface area contributed by atoms with E-state index in [1.807, 2.05) is 62.0 Å². The summed E-state index contributed by atoms with van der Waals surface area (Å²) < 4.78 is 28.1. The molecule has 0 atom stereocenters. The minimum atomic E-state index is -3.58. The van der Waals surface area contributed by atoms with E-state index in [1.54, 1.807) is 6.07 Å². The Balaban J connectivity index is 1.68. The van der Waals surface area contributed by atoms with Gasteiger partial charge in [0.2, 0.25) is 0 Å². The molecule has 0 radical (unpaired) electrons. The van der Waals surface area contributed by atoms with Crippen LogP contribution in [-0.4, -0.2) is 38.7 Å². The molecule has 2 aromatic carbocycles. The number of hydrogen-bond donors (Lipinski definition) is 1. The molecule has 0 bridgehead atoms. The minimum absolute atomic E-state index is 0.335. The van der Waals surface area contributed by atoms with Crippen LogP contribution in [0.4, 0.5) is 5.69 Å². The van der Waals surface area contributed by atoms with Crippen LogP contribution >= 0.6 is 11.8 Å². The SMILES string of the molecule is Cc1ccc(C)c(S(=O)(=O)Nc2ccc(SC3CCN(C)CC3)cc2)c1. The predicted molar refractivity (Wildman–Crippen MR) is 110 cm³/mol. The zero-order valence-electron chi connectivity index (χ0n) is 15.5. The van der Waals surface area contributed by atoms with Crippen molar-refractivity contribution < 1.29 is 8.42 Å². The molecule has 0 amide bonds. The molecule has 6 heteroatoms. The second-order valence-electron chi connectivity index (χ2n) is 7.02. The summed E-state index contributed by atoms with van der Waals surface area (Å²) in [6, 6.07) is 13.2. The summed E-state index contributed by atoms with van der Waals surface area (Å²) >= 11 is 1.89. The topological polar surface area (TPSA) is 49.4 Å². The molecule has 1 fully saturated rings. The van der Waals surface area contributed by atoms with E-state index in [0.29, 0.717) is 15.8 Å². The summed E-state index contributed by atoms with van der Waals surface area (Å²) in [6.07, 6.45) is 2.39. The summed E-state index contributed by atoms with van der Waals surface area (Å²) in [5, 5.41) is 0.642.